The summed E-state index contributed by atoms with van der Waals surface area (Å²) in [5.41, 5.74) is -1.61. The standard InChI is InChI=1S/C13H14F2O4/c1-7(16)19-13(2,3)12(17)8-5-9(14)11(15)10(6-8)18-4/h5-6H,1-4H3. The van der Waals surface area contributed by atoms with Gasteiger partial charge in [0.1, 0.15) is 0 Å². The summed E-state index contributed by atoms with van der Waals surface area (Å²) in [5.74, 6) is -4.07. The predicted octanol–water partition coefficient (Wildman–Crippen LogP) is 2.50. The highest BCUT2D eigenvalue weighted by atomic mass is 19.2. The molecular weight excluding hydrogens is 258 g/mol. The Labute approximate surface area is 109 Å². The molecule has 0 amide bonds. The second-order valence-electron chi connectivity index (χ2n) is 4.41. The number of carbonyl (C=O) groups is 2. The van der Waals surface area contributed by atoms with Crippen molar-refractivity contribution in [2.24, 2.45) is 0 Å². The molecule has 0 N–H and O–H groups in total. The molecule has 0 radical (unpaired) electrons. The molecule has 1 aromatic rings. The summed E-state index contributed by atoms with van der Waals surface area (Å²) in [5, 5.41) is 0. The summed E-state index contributed by atoms with van der Waals surface area (Å²) >= 11 is 0. The first-order chi connectivity index (χ1) is 8.69. The SMILES string of the molecule is COc1cc(C(=O)C(C)(C)OC(C)=O)cc(F)c1F. The average Bonchev–Trinajstić information content (AvgIpc) is 2.29. The molecule has 4 nitrogen and oxygen atoms in total. The van der Waals surface area contributed by atoms with Gasteiger partial charge in [-0.3, -0.25) is 9.59 Å². The van der Waals surface area contributed by atoms with Crippen LogP contribution in [0.15, 0.2) is 12.1 Å². The Morgan fingerprint density at radius 3 is 2.26 bits per heavy atom. The first kappa shape index (κ1) is 15.1. The normalized spacial score (nSPS) is 11.1. The van der Waals surface area contributed by atoms with Crippen molar-refractivity contribution in [2.75, 3.05) is 7.11 Å². The summed E-state index contributed by atoms with van der Waals surface area (Å²) in [6.07, 6.45) is 0. The number of hydrogen-bond acceptors (Lipinski definition) is 4. The number of halogens is 2. The van der Waals surface area contributed by atoms with E-state index >= 15 is 0 Å². The molecule has 0 fully saturated rings. The van der Waals surface area contributed by atoms with Gasteiger partial charge in [-0.2, -0.15) is 4.39 Å². The highest BCUT2D eigenvalue weighted by molar-refractivity contribution is 6.03. The molecule has 0 spiro atoms. The molecule has 0 aromatic heterocycles. The van der Waals surface area contributed by atoms with Crippen molar-refractivity contribution in [3.8, 4) is 5.75 Å². The van der Waals surface area contributed by atoms with E-state index in [2.05, 4.69) is 4.74 Å². The van der Waals surface area contributed by atoms with E-state index in [0.717, 1.165) is 26.2 Å². The third-order valence-electron chi connectivity index (χ3n) is 2.42. The smallest absolute Gasteiger partial charge is 0.303 e. The fraction of sp³-hybridized carbons (Fsp3) is 0.385. The van der Waals surface area contributed by atoms with Crippen molar-refractivity contribution in [1.82, 2.24) is 0 Å². The fourth-order valence-electron chi connectivity index (χ4n) is 1.60. The van der Waals surface area contributed by atoms with Gasteiger partial charge in [-0.1, -0.05) is 0 Å². The van der Waals surface area contributed by atoms with E-state index in [1.165, 1.54) is 13.8 Å². The van der Waals surface area contributed by atoms with E-state index in [1.807, 2.05) is 0 Å². The Morgan fingerprint density at radius 1 is 1.21 bits per heavy atom. The summed E-state index contributed by atoms with van der Waals surface area (Å²) in [4.78, 5) is 23.0. The molecule has 0 heterocycles. The largest absolute Gasteiger partial charge is 0.494 e. The van der Waals surface area contributed by atoms with Gasteiger partial charge >= 0.3 is 5.97 Å². The molecule has 0 saturated carbocycles. The van der Waals surface area contributed by atoms with Crippen LogP contribution in [-0.4, -0.2) is 24.5 Å². The number of Topliss-reactive ketones (excluding diaryl/α,β-unsaturated/α-hetero) is 1. The van der Waals surface area contributed by atoms with E-state index in [1.54, 1.807) is 0 Å². The van der Waals surface area contributed by atoms with Crippen LogP contribution in [0.25, 0.3) is 0 Å². The number of benzene rings is 1. The molecule has 1 rings (SSSR count). The minimum Gasteiger partial charge on any atom is -0.494 e. The third kappa shape index (κ3) is 3.27. The Morgan fingerprint density at radius 2 is 1.79 bits per heavy atom. The highest BCUT2D eigenvalue weighted by Crippen LogP contribution is 2.25. The van der Waals surface area contributed by atoms with Gasteiger partial charge in [0.2, 0.25) is 11.6 Å². The van der Waals surface area contributed by atoms with Gasteiger partial charge < -0.3 is 9.47 Å². The molecule has 1 aromatic carbocycles. The van der Waals surface area contributed by atoms with Crippen LogP contribution < -0.4 is 4.74 Å². The van der Waals surface area contributed by atoms with Crippen LogP contribution in [0.1, 0.15) is 31.1 Å². The molecule has 0 atom stereocenters. The maximum Gasteiger partial charge on any atom is 0.303 e. The number of methoxy groups -OCH3 is 1. The molecular formula is C13H14F2O4. The van der Waals surface area contributed by atoms with Crippen molar-refractivity contribution < 1.29 is 27.8 Å². The second kappa shape index (κ2) is 5.34. The van der Waals surface area contributed by atoms with Gasteiger partial charge in [0.15, 0.2) is 17.2 Å². The van der Waals surface area contributed by atoms with Crippen molar-refractivity contribution in [1.29, 1.82) is 0 Å². The average molecular weight is 272 g/mol. The molecule has 104 valence electrons. The molecule has 0 aliphatic rings. The van der Waals surface area contributed by atoms with Gasteiger partial charge in [0.25, 0.3) is 0 Å². The maximum atomic E-state index is 13.3. The van der Waals surface area contributed by atoms with Crippen LogP contribution in [0.2, 0.25) is 0 Å². The fourth-order valence-corrected chi connectivity index (χ4v) is 1.60. The summed E-state index contributed by atoms with van der Waals surface area (Å²) in [6, 6.07) is 1.80. The zero-order chi connectivity index (χ0) is 14.8. The lowest BCUT2D eigenvalue weighted by Gasteiger charge is -2.23. The van der Waals surface area contributed by atoms with Crippen LogP contribution in [0.4, 0.5) is 8.78 Å². The quantitative estimate of drug-likeness (QED) is 0.624. The van der Waals surface area contributed by atoms with E-state index in [-0.39, 0.29) is 11.3 Å². The third-order valence-corrected chi connectivity index (χ3v) is 2.42. The number of rotatable bonds is 4. The molecule has 6 heteroatoms. The Hall–Kier alpha value is -1.98. The van der Waals surface area contributed by atoms with E-state index < -0.39 is 29.0 Å². The van der Waals surface area contributed by atoms with Crippen molar-refractivity contribution in [3.05, 3.63) is 29.3 Å². The first-order valence-electron chi connectivity index (χ1n) is 5.46. The Kier molecular flexibility index (Phi) is 4.24. The van der Waals surface area contributed by atoms with Crippen LogP contribution in [0.5, 0.6) is 5.75 Å². The molecule has 0 aliphatic carbocycles. The Bertz CT molecular complexity index is 524. The zero-order valence-corrected chi connectivity index (χ0v) is 11.0. The van der Waals surface area contributed by atoms with Crippen LogP contribution in [0.3, 0.4) is 0 Å². The molecule has 0 aliphatic heterocycles. The van der Waals surface area contributed by atoms with Gasteiger partial charge in [0, 0.05) is 12.5 Å². The highest BCUT2D eigenvalue weighted by Gasteiger charge is 2.33. The number of ketones is 1. The molecule has 0 bridgehead atoms. The number of esters is 1. The minimum absolute atomic E-state index is 0.137. The molecule has 0 unspecified atom stereocenters. The van der Waals surface area contributed by atoms with E-state index in [4.69, 9.17) is 4.74 Å². The van der Waals surface area contributed by atoms with Crippen LogP contribution in [0, 0.1) is 11.6 Å². The van der Waals surface area contributed by atoms with Crippen LogP contribution in [-0.2, 0) is 9.53 Å². The van der Waals surface area contributed by atoms with E-state index in [0.29, 0.717) is 0 Å². The maximum absolute atomic E-state index is 13.3. The van der Waals surface area contributed by atoms with Gasteiger partial charge in [-0.05, 0) is 26.0 Å². The van der Waals surface area contributed by atoms with Gasteiger partial charge in [-0.15, -0.1) is 0 Å². The second-order valence-corrected chi connectivity index (χ2v) is 4.41. The zero-order valence-electron chi connectivity index (χ0n) is 11.0. The lowest BCUT2D eigenvalue weighted by atomic mass is 9.96. The topological polar surface area (TPSA) is 52.6 Å². The lowest BCUT2D eigenvalue weighted by molar-refractivity contribution is -0.149. The van der Waals surface area contributed by atoms with Gasteiger partial charge in [-0.25, -0.2) is 4.39 Å². The predicted molar refractivity (Wildman–Crippen MR) is 63.1 cm³/mol. The number of hydrogen-bond donors (Lipinski definition) is 0. The Balaban J connectivity index is 3.20. The van der Waals surface area contributed by atoms with Crippen molar-refractivity contribution in [3.63, 3.8) is 0 Å². The summed E-state index contributed by atoms with van der Waals surface area (Å²) in [6.45, 7) is 3.88. The van der Waals surface area contributed by atoms with Crippen molar-refractivity contribution in [2.45, 2.75) is 26.4 Å². The van der Waals surface area contributed by atoms with Gasteiger partial charge in [0.05, 0.1) is 7.11 Å². The number of carbonyl (C=O) groups excluding carboxylic acids is 2. The number of ether oxygens (including phenoxy) is 2. The monoisotopic (exact) mass is 272 g/mol. The lowest BCUT2D eigenvalue weighted by Crippen LogP contribution is -2.36. The molecule has 0 saturated heterocycles. The minimum atomic E-state index is -1.47. The first-order valence-corrected chi connectivity index (χ1v) is 5.46. The summed E-state index contributed by atoms with van der Waals surface area (Å²) in [7, 11) is 1.16. The van der Waals surface area contributed by atoms with Crippen LogP contribution >= 0.6 is 0 Å². The van der Waals surface area contributed by atoms with Crippen molar-refractivity contribution >= 4 is 11.8 Å². The molecule has 19 heavy (non-hydrogen) atoms. The van der Waals surface area contributed by atoms with E-state index in [9.17, 15) is 18.4 Å². The summed E-state index contributed by atoms with van der Waals surface area (Å²) < 4.78 is 36.1.